The zero-order valence-electron chi connectivity index (χ0n) is 18.2. The van der Waals surface area contributed by atoms with Crippen LogP contribution in [0.1, 0.15) is 97.3 Å². The maximum Gasteiger partial charge on any atom is 0.220 e. The van der Waals surface area contributed by atoms with Crippen LogP contribution in [-0.2, 0) is 4.79 Å². The lowest BCUT2D eigenvalue weighted by atomic mass is 9.40. The number of hydrogen-bond acceptors (Lipinski definition) is 1. The van der Waals surface area contributed by atoms with E-state index >= 15 is 0 Å². The molecule has 0 aromatic heterocycles. The van der Waals surface area contributed by atoms with Crippen molar-refractivity contribution in [2.24, 2.45) is 5.41 Å². The van der Waals surface area contributed by atoms with Gasteiger partial charge in [-0.3, -0.25) is 4.79 Å². The van der Waals surface area contributed by atoms with Crippen LogP contribution in [0.2, 0.25) is 0 Å². The molecule has 3 aliphatic rings. The first-order chi connectivity index (χ1) is 13.6. The number of amides is 1. The number of carbonyl (C=O) groups excluding carboxylic acids is 1. The molecule has 3 aliphatic carbocycles. The minimum atomic E-state index is 0.200. The van der Waals surface area contributed by atoms with Crippen LogP contribution in [-0.4, -0.2) is 11.4 Å². The summed E-state index contributed by atoms with van der Waals surface area (Å²) in [5.74, 6) is 0.248. The van der Waals surface area contributed by atoms with Crippen molar-refractivity contribution in [1.29, 1.82) is 0 Å². The summed E-state index contributed by atoms with van der Waals surface area (Å²) in [7, 11) is 0. The first-order valence-corrected chi connectivity index (χ1v) is 11.5. The summed E-state index contributed by atoms with van der Waals surface area (Å²) in [4.78, 5) is 12.0. The zero-order chi connectivity index (χ0) is 20.1. The molecule has 0 saturated heterocycles. The SMILES string of the molecule is CCCCC/C=C\C/C=C\C/C=C\C/C=C\CCCC(=O)NC12CC(C)(C1)C2. The number of carbonyl (C=O) groups is 1. The van der Waals surface area contributed by atoms with Gasteiger partial charge in [0.1, 0.15) is 0 Å². The summed E-state index contributed by atoms with van der Waals surface area (Å²) in [5.41, 5.74) is 0.760. The zero-order valence-corrected chi connectivity index (χ0v) is 18.2. The monoisotopic (exact) mass is 383 g/mol. The van der Waals surface area contributed by atoms with Crippen molar-refractivity contribution >= 4 is 5.91 Å². The van der Waals surface area contributed by atoms with E-state index in [0.717, 1.165) is 32.1 Å². The molecule has 0 aliphatic heterocycles. The predicted molar refractivity (Wildman–Crippen MR) is 121 cm³/mol. The first-order valence-electron chi connectivity index (χ1n) is 11.5. The predicted octanol–water partition coefficient (Wildman–Crippen LogP) is 7.19. The van der Waals surface area contributed by atoms with Gasteiger partial charge in [0, 0.05) is 12.0 Å². The third-order valence-corrected chi connectivity index (χ3v) is 5.93. The van der Waals surface area contributed by atoms with Crippen LogP contribution < -0.4 is 5.32 Å². The summed E-state index contributed by atoms with van der Waals surface area (Å²) in [6, 6.07) is 0. The van der Waals surface area contributed by atoms with E-state index in [-0.39, 0.29) is 11.4 Å². The Labute approximate surface area is 173 Å². The molecule has 0 aromatic carbocycles. The lowest BCUT2D eigenvalue weighted by Crippen LogP contribution is -2.73. The summed E-state index contributed by atoms with van der Waals surface area (Å²) in [6.45, 7) is 4.57. The van der Waals surface area contributed by atoms with Crippen LogP contribution in [0, 0.1) is 5.41 Å². The molecule has 0 heterocycles. The molecule has 156 valence electrons. The quantitative estimate of drug-likeness (QED) is 0.235. The third-order valence-electron chi connectivity index (χ3n) is 5.93. The van der Waals surface area contributed by atoms with Crippen molar-refractivity contribution in [1.82, 2.24) is 5.32 Å². The number of nitrogens with one attached hydrogen (secondary N) is 1. The third kappa shape index (κ3) is 8.20. The fraction of sp³-hybridized carbons (Fsp3) is 0.654. The highest BCUT2D eigenvalue weighted by Crippen LogP contribution is 2.66. The Hall–Kier alpha value is -1.57. The van der Waals surface area contributed by atoms with E-state index in [1.807, 2.05) is 0 Å². The van der Waals surface area contributed by atoms with Crippen molar-refractivity contribution in [2.75, 3.05) is 0 Å². The normalized spacial score (nSPS) is 26.4. The molecule has 3 fully saturated rings. The average Bonchev–Trinajstić information content (AvgIpc) is 2.62. The van der Waals surface area contributed by atoms with Gasteiger partial charge in [-0.2, -0.15) is 0 Å². The Kier molecular flexibility index (Phi) is 9.81. The van der Waals surface area contributed by atoms with Gasteiger partial charge in [0.15, 0.2) is 0 Å². The van der Waals surface area contributed by atoms with Gasteiger partial charge >= 0.3 is 0 Å². The summed E-state index contributed by atoms with van der Waals surface area (Å²) >= 11 is 0. The second kappa shape index (κ2) is 12.1. The van der Waals surface area contributed by atoms with Gasteiger partial charge in [-0.05, 0) is 69.6 Å². The second-order valence-electron chi connectivity index (χ2n) is 9.15. The van der Waals surface area contributed by atoms with Crippen molar-refractivity contribution in [2.45, 2.75) is 103 Å². The van der Waals surface area contributed by atoms with Gasteiger partial charge < -0.3 is 5.32 Å². The van der Waals surface area contributed by atoms with Gasteiger partial charge in [0.05, 0.1) is 0 Å². The standard InChI is InChI=1S/C26H41NO/c1-3-4-5-6-7-8-9-10-11-12-13-14-15-16-17-18-19-20-24(28)27-26-21-25(2,22-26)23-26/h7-8,10-11,13-14,16-17H,3-6,9,12,15,18-23H2,1-2H3,(H,27,28)/b8-7-,11-10-,14-13-,17-16-. The topological polar surface area (TPSA) is 29.1 Å². The Morgan fingerprint density at radius 3 is 1.79 bits per heavy atom. The number of allylic oxidation sites excluding steroid dienone is 8. The Morgan fingerprint density at radius 1 is 0.786 bits per heavy atom. The maximum absolute atomic E-state index is 12.0. The maximum atomic E-state index is 12.0. The molecule has 0 unspecified atom stereocenters. The van der Waals surface area contributed by atoms with Crippen LogP contribution in [0.25, 0.3) is 0 Å². The lowest BCUT2D eigenvalue weighted by Gasteiger charge is -2.69. The second-order valence-corrected chi connectivity index (χ2v) is 9.15. The molecule has 2 nitrogen and oxygen atoms in total. The molecule has 3 saturated carbocycles. The molecule has 0 atom stereocenters. The highest BCUT2D eigenvalue weighted by atomic mass is 16.1. The molecule has 2 bridgehead atoms. The van der Waals surface area contributed by atoms with Crippen molar-refractivity contribution in [3.63, 3.8) is 0 Å². The minimum Gasteiger partial charge on any atom is -0.351 e. The fourth-order valence-electron chi connectivity index (χ4n) is 4.73. The molecular weight excluding hydrogens is 342 g/mol. The molecule has 0 radical (unpaired) electrons. The van der Waals surface area contributed by atoms with Crippen LogP contribution in [0.15, 0.2) is 48.6 Å². The Balaban J connectivity index is 1.37. The summed E-state index contributed by atoms with van der Waals surface area (Å²) in [5, 5.41) is 3.25. The first kappa shape index (κ1) is 22.7. The van der Waals surface area contributed by atoms with Crippen LogP contribution in [0.3, 0.4) is 0 Å². The molecule has 0 aromatic rings. The molecular formula is C26H41NO. The van der Waals surface area contributed by atoms with Crippen LogP contribution in [0.5, 0.6) is 0 Å². The highest BCUT2D eigenvalue weighted by molar-refractivity contribution is 5.77. The molecule has 3 rings (SSSR count). The van der Waals surface area contributed by atoms with E-state index < -0.39 is 0 Å². The Morgan fingerprint density at radius 2 is 1.29 bits per heavy atom. The van der Waals surface area contributed by atoms with E-state index in [1.165, 1.54) is 44.9 Å². The van der Waals surface area contributed by atoms with Gasteiger partial charge in [0.25, 0.3) is 0 Å². The van der Waals surface area contributed by atoms with E-state index in [4.69, 9.17) is 0 Å². The van der Waals surface area contributed by atoms with E-state index in [1.54, 1.807) is 0 Å². The van der Waals surface area contributed by atoms with Gasteiger partial charge in [0.2, 0.25) is 5.91 Å². The minimum absolute atomic E-state index is 0.200. The largest absolute Gasteiger partial charge is 0.351 e. The van der Waals surface area contributed by atoms with E-state index in [9.17, 15) is 4.79 Å². The molecule has 1 N–H and O–H groups in total. The van der Waals surface area contributed by atoms with Crippen LogP contribution >= 0.6 is 0 Å². The molecule has 2 heteroatoms. The van der Waals surface area contributed by atoms with Gasteiger partial charge in [-0.15, -0.1) is 0 Å². The number of hydrogen-bond donors (Lipinski definition) is 1. The van der Waals surface area contributed by atoms with E-state index in [0.29, 0.717) is 11.8 Å². The van der Waals surface area contributed by atoms with Crippen molar-refractivity contribution < 1.29 is 4.79 Å². The average molecular weight is 384 g/mol. The van der Waals surface area contributed by atoms with Crippen LogP contribution in [0.4, 0.5) is 0 Å². The lowest BCUT2D eigenvalue weighted by molar-refractivity contribution is -0.156. The fourth-order valence-corrected chi connectivity index (χ4v) is 4.73. The molecule has 28 heavy (non-hydrogen) atoms. The summed E-state index contributed by atoms with van der Waals surface area (Å²) < 4.78 is 0. The smallest absolute Gasteiger partial charge is 0.220 e. The molecule has 0 spiro atoms. The number of rotatable bonds is 15. The Bertz CT molecular complexity index is 561. The van der Waals surface area contributed by atoms with Gasteiger partial charge in [-0.25, -0.2) is 0 Å². The van der Waals surface area contributed by atoms with Crippen molar-refractivity contribution in [3.8, 4) is 0 Å². The van der Waals surface area contributed by atoms with E-state index in [2.05, 4.69) is 67.8 Å². The summed E-state index contributed by atoms with van der Waals surface area (Å²) in [6.07, 6.45) is 32.4. The van der Waals surface area contributed by atoms with Crippen molar-refractivity contribution in [3.05, 3.63) is 48.6 Å². The van der Waals surface area contributed by atoms with Gasteiger partial charge in [-0.1, -0.05) is 75.3 Å². The highest BCUT2D eigenvalue weighted by Gasteiger charge is 2.65. The number of unbranched alkanes of at least 4 members (excludes halogenated alkanes) is 4. The molecule has 1 amide bonds.